The third-order valence-corrected chi connectivity index (χ3v) is 3.72. The van der Waals surface area contributed by atoms with E-state index in [1.54, 1.807) is 0 Å². The van der Waals surface area contributed by atoms with Crippen LogP contribution in [0.5, 0.6) is 0 Å². The van der Waals surface area contributed by atoms with E-state index in [2.05, 4.69) is 47.6 Å². The van der Waals surface area contributed by atoms with Crippen LogP contribution in [0.25, 0.3) is 0 Å². The van der Waals surface area contributed by atoms with Crippen molar-refractivity contribution < 1.29 is 4.79 Å². The summed E-state index contributed by atoms with van der Waals surface area (Å²) in [6.45, 7) is 9.67. The lowest BCUT2D eigenvalue weighted by atomic mass is 10.1. The first-order valence-corrected chi connectivity index (χ1v) is 6.98. The number of nitrogens with one attached hydrogen (secondary N) is 2. The van der Waals surface area contributed by atoms with Gasteiger partial charge in [-0.25, -0.2) is 0 Å². The topological polar surface area (TPSA) is 44.4 Å². The second-order valence-electron chi connectivity index (χ2n) is 5.05. The molecule has 19 heavy (non-hydrogen) atoms. The first-order valence-electron chi connectivity index (χ1n) is 6.98. The normalized spacial score (nSPS) is 19.4. The number of amides is 1. The van der Waals surface area contributed by atoms with Gasteiger partial charge >= 0.3 is 0 Å². The van der Waals surface area contributed by atoms with Crippen LogP contribution in [0.3, 0.4) is 0 Å². The Kier molecular flexibility index (Phi) is 4.43. The highest BCUT2D eigenvalue weighted by Gasteiger charge is 2.25. The Morgan fingerprint density at radius 2 is 2.26 bits per heavy atom. The summed E-state index contributed by atoms with van der Waals surface area (Å²) in [5.41, 5.74) is 3.73. The van der Waals surface area contributed by atoms with Crippen molar-refractivity contribution in [2.75, 3.05) is 24.5 Å². The molecule has 1 fully saturated rings. The molecule has 1 aliphatic rings. The third kappa shape index (κ3) is 3.07. The molecule has 2 rings (SSSR count). The molecule has 2 N–H and O–H groups in total. The second kappa shape index (κ2) is 6.06. The average molecular weight is 261 g/mol. The van der Waals surface area contributed by atoms with Gasteiger partial charge in [-0.2, -0.15) is 0 Å². The fraction of sp³-hybridized carbons (Fsp3) is 0.533. The van der Waals surface area contributed by atoms with Gasteiger partial charge in [0.2, 0.25) is 5.91 Å². The maximum Gasteiger partial charge on any atom is 0.242 e. The highest BCUT2D eigenvalue weighted by Crippen LogP contribution is 2.22. The Bertz CT molecular complexity index is 459. The number of aryl methyl sites for hydroxylation is 1. The summed E-state index contributed by atoms with van der Waals surface area (Å²) < 4.78 is 0. The van der Waals surface area contributed by atoms with Crippen molar-refractivity contribution in [3.05, 3.63) is 29.3 Å². The summed E-state index contributed by atoms with van der Waals surface area (Å²) in [4.78, 5) is 13.9. The van der Waals surface area contributed by atoms with Crippen LogP contribution in [0.1, 0.15) is 25.0 Å². The lowest BCUT2D eigenvalue weighted by Crippen LogP contribution is -2.54. The van der Waals surface area contributed by atoms with E-state index in [9.17, 15) is 4.79 Å². The minimum absolute atomic E-state index is 0.0900. The Morgan fingerprint density at radius 3 is 2.95 bits per heavy atom. The van der Waals surface area contributed by atoms with Crippen molar-refractivity contribution in [1.29, 1.82) is 0 Å². The van der Waals surface area contributed by atoms with Gasteiger partial charge in [0, 0.05) is 25.3 Å². The summed E-state index contributed by atoms with van der Waals surface area (Å²) in [7, 11) is 0. The molecular weight excluding hydrogens is 238 g/mol. The Hall–Kier alpha value is -1.55. The molecule has 1 aromatic rings. The van der Waals surface area contributed by atoms with Crippen LogP contribution in [0, 0.1) is 6.92 Å². The van der Waals surface area contributed by atoms with Crippen molar-refractivity contribution in [1.82, 2.24) is 10.6 Å². The standard InChI is InChI=1S/C15H23N3O/c1-4-16-10-13-5-6-14(9-11(13)2)18-8-7-17-15(19)12(18)3/h5-6,9,12,16H,4,7-8,10H2,1-3H3,(H,17,19). The van der Waals surface area contributed by atoms with E-state index in [0.717, 1.165) is 31.9 Å². The van der Waals surface area contributed by atoms with Gasteiger partial charge < -0.3 is 15.5 Å². The Morgan fingerprint density at radius 1 is 1.47 bits per heavy atom. The predicted octanol–water partition coefficient (Wildman–Crippen LogP) is 1.43. The van der Waals surface area contributed by atoms with Gasteiger partial charge in [0.25, 0.3) is 0 Å². The van der Waals surface area contributed by atoms with Gasteiger partial charge in [-0.1, -0.05) is 13.0 Å². The number of carbonyl (C=O) groups excluding carboxylic acids is 1. The lowest BCUT2D eigenvalue weighted by molar-refractivity contribution is -0.122. The van der Waals surface area contributed by atoms with Gasteiger partial charge in [0.15, 0.2) is 0 Å². The van der Waals surface area contributed by atoms with Crippen LogP contribution < -0.4 is 15.5 Å². The molecule has 4 heteroatoms. The fourth-order valence-corrected chi connectivity index (χ4v) is 2.45. The summed E-state index contributed by atoms with van der Waals surface area (Å²) in [5, 5.41) is 6.24. The number of nitrogens with zero attached hydrogens (tertiary/aromatic N) is 1. The maximum absolute atomic E-state index is 11.7. The van der Waals surface area contributed by atoms with E-state index in [1.807, 2.05) is 6.92 Å². The molecule has 1 saturated heterocycles. The fourth-order valence-electron chi connectivity index (χ4n) is 2.45. The van der Waals surface area contributed by atoms with Crippen molar-refractivity contribution in [3.8, 4) is 0 Å². The smallest absolute Gasteiger partial charge is 0.242 e. The molecule has 1 atom stereocenters. The minimum Gasteiger partial charge on any atom is -0.358 e. The van der Waals surface area contributed by atoms with Gasteiger partial charge in [-0.15, -0.1) is 0 Å². The highest BCUT2D eigenvalue weighted by atomic mass is 16.2. The Balaban J connectivity index is 2.16. The molecule has 1 amide bonds. The van der Waals surface area contributed by atoms with E-state index in [4.69, 9.17) is 0 Å². The van der Waals surface area contributed by atoms with E-state index in [-0.39, 0.29) is 11.9 Å². The van der Waals surface area contributed by atoms with Gasteiger partial charge in [-0.3, -0.25) is 4.79 Å². The van der Waals surface area contributed by atoms with Gasteiger partial charge in [-0.05, 0) is 43.7 Å². The summed E-state index contributed by atoms with van der Waals surface area (Å²) in [5.74, 6) is 0.112. The second-order valence-corrected chi connectivity index (χ2v) is 5.05. The summed E-state index contributed by atoms with van der Waals surface area (Å²) in [6, 6.07) is 6.37. The first-order chi connectivity index (χ1) is 9.13. The van der Waals surface area contributed by atoms with Crippen LogP contribution in [-0.4, -0.2) is 31.6 Å². The summed E-state index contributed by atoms with van der Waals surface area (Å²) >= 11 is 0. The van der Waals surface area contributed by atoms with Crippen LogP contribution in [-0.2, 0) is 11.3 Å². The predicted molar refractivity (Wildman–Crippen MR) is 78.4 cm³/mol. The zero-order chi connectivity index (χ0) is 13.8. The molecule has 0 spiro atoms. The minimum atomic E-state index is -0.0900. The quantitative estimate of drug-likeness (QED) is 0.862. The van der Waals surface area contributed by atoms with Crippen LogP contribution >= 0.6 is 0 Å². The number of piperazine rings is 1. The molecule has 104 valence electrons. The molecule has 0 saturated carbocycles. The van der Waals surface area contributed by atoms with Crippen molar-refractivity contribution in [2.45, 2.75) is 33.4 Å². The molecule has 0 radical (unpaired) electrons. The largest absolute Gasteiger partial charge is 0.358 e. The molecule has 0 bridgehead atoms. The number of hydrogen-bond acceptors (Lipinski definition) is 3. The maximum atomic E-state index is 11.7. The van der Waals surface area contributed by atoms with Crippen molar-refractivity contribution >= 4 is 11.6 Å². The highest BCUT2D eigenvalue weighted by molar-refractivity contribution is 5.86. The van der Waals surface area contributed by atoms with E-state index in [0.29, 0.717) is 0 Å². The van der Waals surface area contributed by atoms with Gasteiger partial charge in [0.1, 0.15) is 6.04 Å². The first kappa shape index (κ1) is 13.9. The molecule has 0 aromatic heterocycles. The molecule has 4 nitrogen and oxygen atoms in total. The number of rotatable bonds is 4. The SMILES string of the molecule is CCNCc1ccc(N2CCNC(=O)C2C)cc1C. The van der Waals surface area contributed by atoms with E-state index < -0.39 is 0 Å². The van der Waals surface area contributed by atoms with Gasteiger partial charge in [0.05, 0.1) is 0 Å². The van der Waals surface area contributed by atoms with Crippen LogP contribution in [0.2, 0.25) is 0 Å². The Labute approximate surface area is 115 Å². The number of benzene rings is 1. The van der Waals surface area contributed by atoms with E-state index in [1.165, 1.54) is 11.1 Å². The molecule has 1 aliphatic heterocycles. The average Bonchev–Trinajstić information content (AvgIpc) is 2.40. The summed E-state index contributed by atoms with van der Waals surface area (Å²) in [6.07, 6.45) is 0. The molecule has 1 aromatic carbocycles. The lowest BCUT2D eigenvalue weighted by Gasteiger charge is -2.35. The number of carbonyl (C=O) groups is 1. The van der Waals surface area contributed by atoms with E-state index >= 15 is 0 Å². The molecular formula is C15H23N3O. The van der Waals surface area contributed by atoms with Crippen LogP contribution in [0.15, 0.2) is 18.2 Å². The van der Waals surface area contributed by atoms with Crippen LogP contribution in [0.4, 0.5) is 5.69 Å². The number of anilines is 1. The zero-order valence-electron chi connectivity index (χ0n) is 12.0. The number of hydrogen-bond donors (Lipinski definition) is 2. The molecule has 1 unspecified atom stereocenters. The third-order valence-electron chi connectivity index (χ3n) is 3.72. The monoisotopic (exact) mass is 261 g/mol. The molecule has 0 aliphatic carbocycles. The molecule has 1 heterocycles. The van der Waals surface area contributed by atoms with Crippen molar-refractivity contribution in [2.24, 2.45) is 0 Å². The van der Waals surface area contributed by atoms with Crippen molar-refractivity contribution in [3.63, 3.8) is 0 Å². The zero-order valence-corrected chi connectivity index (χ0v) is 12.0.